The van der Waals surface area contributed by atoms with Gasteiger partial charge in [-0.25, -0.2) is 0 Å². The number of nitrogens with one attached hydrogen (secondary N) is 1. The fourth-order valence-electron chi connectivity index (χ4n) is 2.89. The number of carbonyl (C=O) groups excluding carboxylic acids is 2. The van der Waals surface area contributed by atoms with Crippen LogP contribution in [0.2, 0.25) is 0 Å². The maximum atomic E-state index is 12.9. The summed E-state index contributed by atoms with van der Waals surface area (Å²) in [6, 6.07) is 7.52. The average Bonchev–Trinajstić information content (AvgIpc) is 2.53. The number of benzene rings is 1. The maximum absolute atomic E-state index is 12.9. The third kappa shape index (κ3) is 5.23. The van der Waals surface area contributed by atoms with Gasteiger partial charge >= 0.3 is 0 Å². The van der Waals surface area contributed by atoms with E-state index in [1.165, 1.54) is 6.92 Å². The first-order chi connectivity index (χ1) is 11.4. The Balaban J connectivity index is 2.05. The fraction of sp³-hybridized carbons (Fsp3) is 0.556. The molecule has 1 N–H and O–H groups in total. The lowest BCUT2D eigenvalue weighted by molar-refractivity contribution is -0.142. The molecule has 0 radical (unpaired) electrons. The number of amides is 2. The van der Waals surface area contributed by atoms with E-state index in [9.17, 15) is 9.59 Å². The molecule has 1 saturated heterocycles. The van der Waals surface area contributed by atoms with Gasteiger partial charge in [-0.05, 0) is 43.0 Å². The second-order valence-corrected chi connectivity index (χ2v) is 7.48. The Hall–Kier alpha value is -1.56. The Kier molecular flexibility index (Phi) is 6.66. The first-order valence-corrected chi connectivity index (χ1v) is 9.14. The molecule has 2 amide bonds. The van der Waals surface area contributed by atoms with Gasteiger partial charge in [-0.3, -0.25) is 9.59 Å². The molecule has 1 heterocycles. The molecule has 0 aromatic heterocycles. The number of rotatable bonds is 5. The number of carbonyl (C=O) groups is 2. The molecule has 0 saturated carbocycles. The van der Waals surface area contributed by atoms with Gasteiger partial charge in [-0.1, -0.05) is 29.8 Å². The van der Waals surface area contributed by atoms with Crippen molar-refractivity contribution in [1.82, 2.24) is 10.2 Å². The summed E-state index contributed by atoms with van der Waals surface area (Å²) in [6.45, 7) is 6.73. The van der Waals surface area contributed by atoms with Gasteiger partial charge in [-0.2, -0.15) is 0 Å². The van der Waals surface area contributed by atoms with E-state index in [-0.39, 0.29) is 23.8 Å². The zero-order chi connectivity index (χ0) is 17.7. The van der Waals surface area contributed by atoms with Gasteiger partial charge in [0.1, 0.15) is 5.75 Å². The minimum Gasteiger partial charge on any atom is -0.480 e. The van der Waals surface area contributed by atoms with Crippen LogP contribution in [-0.2, 0) is 9.59 Å². The van der Waals surface area contributed by atoms with E-state index in [4.69, 9.17) is 4.74 Å². The zero-order valence-corrected chi connectivity index (χ0v) is 16.0. The van der Waals surface area contributed by atoms with E-state index < -0.39 is 6.10 Å². The van der Waals surface area contributed by atoms with Crippen molar-refractivity contribution >= 4 is 27.7 Å². The normalized spacial score (nSPS) is 19.0. The van der Waals surface area contributed by atoms with E-state index in [1.54, 1.807) is 0 Å². The largest absolute Gasteiger partial charge is 0.480 e. The topological polar surface area (TPSA) is 58.6 Å². The summed E-state index contributed by atoms with van der Waals surface area (Å²) in [7, 11) is 0. The predicted molar refractivity (Wildman–Crippen MR) is 96.8 cm³/mol. The van der Waals surface area contributed by atoms with Crippen molar-refractivity contribution in [2.45, 2.75) is 45.8 Å². The predicted octanol–water partition coefficient (Wildman–Crippen LogP) is 2.98. The quantitative estimate of drug-likeness (QED) is 0.831. The molecule has 1 aliphatic heterocycles. The summed E-state index contributed by atoms with van der Waals surface area (Å²) in [6.07, 6.45) is 1.27. The molecule has 2 unspecified atom stereocenters. The number of ether oxygens (including phenoxy) is 1. The number of likely N-dealkylation sites (tertiary alicyclic amines) is 1. The van der Waals surface area contributed by atoms with Gasteiger partial charge in [0.05, 0.1) is 0 Å². The van der Waals surface area contributed by atoms with E-state index in [2.05, 4.69) is 21.2 Å². The van der Waals surface area contributed by atoms with Crippen LogP contribution in [0.5, 0.6) is 5.75 Å². The molecule has 1 aromatic carbocycles. The highest BCUT2D eigenvalue weighted by Crippen LogP contribution is 2.22. The molecule has 1 aromatic rings. The summed E-state index contributed by atoms with van der Waals surface area (Å²) in [5, 5.41) is 2.91. The highest BCUT2D eigenvalue weighted by Gasteiger charge is 2.32. The maximum Gasteiger partial charge on any atom is 0.263 e. The molecule has 5 nitrogen and oxygen atoms in total. The van der Waals surface area contributed by atoms with Crippen LogP contribution >= 0.6 is 15.9 Å². The summed E-state index contributed by atoms with van der Waals surface area (Å²) in [4.78, 5) is 26.0. The van der Waals surface area contributed by atoms with E-state index >= 15 is 0 Å². The molecule has 0 aliphatic carbocycles. The van der Waals surface area contributed by atoms with Crippen LogP contribution in [0.3, 0.4) is 0 Å². The first kappa shape index (κ1) is 18.8. The lowest BCUT2D eigenvalue weighted by Crippen LogP contribution is -2.53. The Morgan fingerprint density at radius 1 is 1.29 bits per heavy atom. The Morgan fingerprint density at radius 3 is 2.54 bits per heavy atom. The second kappa shape index (κ2) is 8.51. The van der Waals surface area contributed by atoms with Gasteiger partial charge in [-0.15, -0.1) is 0 Å². The second-order valence-electron chi connectivity index (χ2n) is 6.56. The van der Waals surface area contributed by atoms with Crippen molar-refractivity contribution in [3.63, 3.8) is 0 Å². The third-order valence-electron chi connectivity index (χ3n) is 4.07. The van der Waals surface area contributed by atoms with Crippen molar-refractivity contribution in [1.29, 1.82) is 0 Å². The van der Waals surface area contributed by atoms with Crippen LogP contribution in [0.25, 0.3) is 0 Å². The fourth-order valence-corrected chi connectivity index (χ4v) is 3.16. The van der Waals surface area contributed by atoms with Crippen LogP contribution in [0.1, 0.15) is 33.6 Å². The smallest absolute Gasteiger partial charge is 0.263 e. The third-order valence-corrected chi connectivity index (χ3v) is 4.59. The van der Waals surface area contributed by atoms with Gasteiger partial charge in [0.25, 0.3) is 5.91 Å². The van der Waals surface area contributed by atoms with Crippen LogP contribution in [0.4, 0.5) is 0 Å². The van der Waals surface area contributed by atoms with E-state index in [0.717, 1.165) is 17.3 Å². The average molecular weight is 397 g/mol. The van der Waals surface area contributed by atoms with Crippen molar-refractivity contribution in [3.8, 4) is 5.75 Å². The Labute approximate surface area is 151 Å². The molecular formula is C18H25BrN2O3. The molecule has 0 bridgehead atoms. The van der Waals surface area contributed by atoms with Crippen LogP contribution < -0.4 is 10.1 Å². The van der Waals surface area contributed by atoms with Crippen molar-refractivity contribution in [2.24, 2.45) is 5.92 Å². The molecule has 24 heavy (non-hydrogen) atoms. The number of halogens is 1. The van der Waals surface area contributed by atoms with Gasteiger partial charge in [0.15, 0.2) is 6.10 Å². The Bertz CT molecular complexity index is 574. The van der Waals surface area contributed by atoms with Crippen molar-refractivity contribution in [2.75, 3.05) is 13.1 Å². The Morgan fingerprint density at radius 2 is 1.96 bits per heavy atom. The van der Waals surface area contributed by atoms with E-state index in [1.807, 2.05) is 43.0 Å². The molecule has 132 valence electrons. The van der Waals surface area contributed by atoms with Crippen LogP contribution in [-0.4, -0.2) is 41.9 Å². The number of nitrogens with zero attached hydrogens (tertiary/aromatic N) is 1. The molecule has 1 fully saturated rings. The number of hydrogen-bond acceptors (Lipinski definition) is 3. The lowest BCUT2D eigenvalue weighted by Gasteiger charge is -2.36. The monoisotopic (exact) mass is 396 g/mol. The highest BCUT2D eigenvalue weighted by atomic mass is 79.9. The number of piperidine rings is 1. The minimum absolute atomic E-state index is 0.0111. The highest BCUT2D eigenvalue weighted by molar-refractivity contribution is 9.10. The standard InChI is InChI=1S/C18H25BrN2O3/c1-12(2)17(24-16-8-6-14(19)7-9-16)18(23)21-10-4-5-15(11-21)20-13(3)22/h6-9,12,15,17H,4-5,10-11H2,1-3H3,(H,20,22). The first-order valence-electron chi connectivity index (χ1n) is 8.35. The molecule has 1 aliphatic rings. The lowest BCUT2D eigenvalue weighted by atomic mass is 10.0. The van der Waals surface area contributed by atoms with Crippen LogP contribution in [0.15, 0.2) is 28.7 Å². The van der Waals surface area contributed by atoms with Crippen molar-refractivity contribution in [3.05, 3.63) is 28.7 Å². The molecule has 2 rings (SSSR count). The molecular weight excluding hydrogens is 372 g/mol. The van der Waals surface area contributed by atoms with E-state index in [0.29, 0.717) is 18.8 Å². The molecule has 2 atom stereocenters. The minimum atomic E-state index is -0.526. The summed E-state index contributed by atoms with van der Waals surface area (Å²) in [5.74, 6) is 0.673. The summed E-state index contributed by atoms with van der Waals surface area (Å²) >= 11 is 3.39. The molecule has 6 heteroatoms. The van der Waals surface area contributed by atoms with Crippen LogP contribution in [0, 0.1) is 5.92 Å². The summed E-state index contributed by atoms with van der Waals surface area (Å²) < 4.78 is 6.93. The zero-order valence-electron chi connectivity index (χ0n) is 14.4. The summed E-state index contributed by atoms with van der Waals surface area (Å²) in [5.41, 5.74) is 0. The van der Waals surface area contributed by atoms with Gasteiger partial charge < -0.3 is 15.0 Å². The molecule has 0 spiro atoms. The van der Waals surface area contributed by atoms with Crippen molar-refractivity contribution < 1.29 is 14.3 Å². The SMILES string of the molecule is CC(=O)NC1CCCN(C(=O)C(Oc2ccc(Br)cc2)C(C)C)C1. The van der Waals surface area contributed by atoms with Gasteiger partial charge in [0.2, 0.25) is 5.91 Å². The van der Waals surface area contributed by atoms with Gasteiger partial charge in [0, 0.05) is 30.5 Å². The number of hydrogen-bond donors (Lipinski definition) is 1.